The maximum absolute atomic E-state index is 12.8. The van der Waals surface area contributed by atoms with Crippen LogP contribution in [0.3, 0.4) is 0 Å². The second kappa shape index (κ2) is 11.0. The van der Waals surface area contributed by atoms with Gasteiger partial charge in [-0.1, -0.05) is 42.5 Å². The minimum atomic E-state index is -1.04. The molecule has 0 bridgehead atoms. The predicted octanol–water partition coefficient (Wildman–Crippen LogP) is 4.65. The first kappa shape index (κ1) is 22.8. The van der Waals surface area contributed by atoms with Crippen molar-refractivity contribution in [1.82, 2.24) is 0 Å². The Bertz CT molecular complexity index is 830. The molecule has 1 fully saturated rings. The number of hydrogen-bond acceptors (Lipinski definition) is 6. The third kappa shape index (κ3) is 5.44. The van der Waals surface area contributed by atoms with Crippen molar-refractivity contribution in [3.8, 4) is 5.75 Å². The van der Waals surface area contributed by atoms with Gasteiger partial charge >= 0.3 is 11.9 Å². The molecule has 0 N–H and O–H groups in total. The lowest BCUT2D eigenvalue weighted by atomic mass is 9.77. The summed E-state index contributed by atoms with van der Waals surface area (Å²) in [4.78, 5) is 25.6. The molecule has 0 saturated carbocycles. The Kier molecular flexibility index (Phi) is 8.06. The van der Waals surface area contributed by atoms with E-state index in [1.165, 1.54) is 0 Å². The molecule has 0 aliphatic carbocycles. The molecule has 0 radical (unpaired) electrons. The average Bonchev–Trinajstić information content (AvgIpc) is 2.80. The van der Waals surface area contributed by atoms with Gasteiger partial charge in [0.05, 0.1) is 32.5 Å². The lowest BCUT2D eigenvalue weighted by Crippen LogP contribution is -2.40. The Morgan fingerprint density at radius 3 is 2.06 bits per heavy atom. The zero-order valence-corrected chi connectivity index (χ0v) is 18.3. The van der Waals surface area contributed by atoms with E-state index >= 15 is 0 Å². The molecule has 0 spiro atoms. The number of esters is 2. The molecule has 31 heavy (non-hydrogen) atoms. The van der Waals surface area contributed by atoms with Gasteiger partial charge in [-0.2, -0.15) is 0 Å². The SMILES string of the molecule is CCOC(=O)C(C(=O)OCC)[C@@H]1CCC(c2ccccc2)O[C@H]1c1ccc(OC)cc1. The Hall–Kier alpha value is -2.86. The van der Waals surface area contributed by atoms with E-state index in [1.54, 1.807) is 21.0 Å². The van der Waals surface area contributed by atoms with Crippen molar-refractivity contribution < 1.29 is 28.5 Å². The Morgan fingerprint density at radius 1 is 0.903 bits per heavy atom. The minimum absolute atomic E-state index is 0.130. The van der Waals surface area contributed by atoms with E-state index < -0.39 is 29.9 Å². The van der Waals surface area contributed by atoms with Crippen molar-refractivity contribution in [3.63, 3.8) is 0 Å². The van der Waals surface area contributed by atoms with Crippen LogP contribution in [0.4, 0.5) is 0 Å². The highest BCUT2D eigenvalue weighted by Crippen LogP contribution is 2.46. The smallest absolute Gasteiger partial charge is 0.320 e. The largest absolute Gasteiger partial charge is 0.497 e. The van der Waals surface area contributed by atoms with Crippen molar-refractivity contribution in [2.75, 3.05) is 20.3 Å². The second-order valence-corrected chi connectivity index (χ2v) is 7.45. The van der Waals surface area contributed by atoms with Crippen molar-refractivity contribution in [1.29, 1.82) is 0 Å². The highest BCUT2D eigenvalue weighted by atomic mass is 16.6. The quantitative estimate of drug-likeness (QED) is 0.452. The van der Waals surface area contributed by atoms with Crippen molar-refractivity contribution in [3.05, 3.63) is 65.7 Å². The summed E-state index contributed by atoms with van der Waals surface area (Å²) in [7, 11) is 1.61. The summed E-state index contributed by atoms with van der Waals surface area (Å²) in [5.41, 5.74) is 1.95. The molecule has 1 aliphatic heterocycles. The van der Waals surface area contributed by atoms with Crippen LogP contribution in [0.2, 0.25) is 0 Å². The van der Waals surface area contributed by atoms with Crippen LogP contribution in [0.15, 0.2) is 54.6 Å². The van der Waals surface area contributed by atoms with Gasteiger partial charge in [0.25, 0.3) is 0 Å². The van der Waals surface area contributed by atoms with Gasteiger partial charge in [-0.3, -0.25) is 9.59 Å². The molecular formula is C25H30O6. The maximum Gasteiger partial charge on any atom is 0.320 e. The third-order valence-electron chi connectivity index (χ3n) is 5.59. The van der Waals surface area contributed by atoms with Crippen molar-refractivity contribution >= 4 is 11.9 Å². The lowest BCUT2D eigenvalue weighted by Gasteiger charge is -2.39. The number of benzene rings is 2. The van der Waals surface area contributed by atoms with E-state index in [2.05, 4.69) is 0 Å². The number of rotatable bonds is 8. The normalized spacial score (nSPS) is 20.8. The maximum atomic E-state index is 12.8. The van der Waals surface area contributed by atoms with Crippen LogP contribution < -0.4 is 4.74 Å². The predicted molar refractivity (Wildman–Crippen MR) is 115 cm³/mol. The summed E-state index contributed by atoms with van der Waals surface area (Å²) in [5, 5.41) is 0. The van der Waals surface area contributed by atoms with Crippen LogP contribution in [-0.2, 0) is 23.8 Å². The van der Waals surface area contributed by atoms with Crippen LogP contribution >= 0.6 is 0 Å². The minimum Gasteiger partial charge on any atom is -0.497 e. The van der Waals surface area contributed by atoms with Gasteiger partial charge in [0.15, 0.2) is 5.92 Å². The molecule has 166 valence electrons. The summed E-state index contributed by atoms with van der Waals surface area (Å²) in [5.74, 6) is -1.84. The summed E-state index contributed by atoms with van der Waals surface area (Å²) in [6, 6.07) is 17.5. The van der Waals surface area contributed by atoms with E-state index in [9.17, 15) is 9.59 Å². The fourth-order valence-electron chi connectivity index (χ4n) is 4.12. The van der Waals surface area contributed by atoms with Crippen molar-refractivity contribution in [2.24, 2.45) is 11.8 Å². The van der Waals surface area contributed by atoms with Gasteiger partial charge in [0, 0.05) is 5.92 Å². The number of hydrogen-bond donors (Lipinski definition) is 0. The van der Waals surface area contributed by atoms with E-state index in [0.717, 1.165) is 16.9 Å². The summed E-state index contributed by atoms with van der Waals surface area (Å²) >= 11 is 0. The zero-order valence-electron chi connectivity index (χ0n) is 18.3. The van der Waals surface area contributed by atoms with Gasteiger partial charge < -0.3 is 18.9 Å². The third-order valence-corrected chi connectivity index (χ3v) is 5.59. The fourth-order valence-corrected chi connectivity index (χ4v) is 4.12. The van der Waals surface area contributed by atoms with Gasteiger partial charge in [-0.15, -0.1) is 0 Å². The molecule has 6 nitrogen and oxygen atoms in total. The Labute approximate surface area is 183 Å². The molecule has 1 aliphatic rings. The Morgan fingerprint density at radius 2 is 1.52 bits per heavy atom. The number of carbonyl (C=O) groups is 2. The zero-order chi connectivity index (χ0) is 22.2. The van der Waals surface area contributed by atoms with E-state index in [-0.39, 0.29) is 19.3 Å². The number of ether oxygens (including phenoxy) is 4. The van der Waals surface area contributed by atoms with E-state index in [4.69, 9.17) is 18.9 Å². The molecule has 3 rings (SSSR count). The van der Waals surface area contributed by atoms with Gasteiger partial charge in [-0.05, 0) is 49.9 Å². The summed E-state index contributed by atoms with van der Waals surface area (Å²) in [6.45, 7) is 3.85. The van der Waals surface area contributed by atoms with Crippen LogP contribution in [0.1, 0.15) is 50.0 Å². The highest BCUT2D eigenvalue weighted by molar-refractivity contribution is 5.95. The fraction of sp³-hybridized carbons (Fsp3) is 0.440. The number of methoxy groups -OCH3 is 1. The molecule has 0 aromatic heterocycles. The molecule has 3 atom stereocenters. The average molecular weight is 427 g/mol. The van der Waals surface area contributed by atoms with Crippen LogP contribution in [-0.4, -0.2) is 32.3 Å². The van der Waals surface area contributed by atoms with Crippen LogP contribution in [0.5, 0.6) is 5.75 Å². The molecule has 1 unspecified atom stereocenters. The van der Waals surface area contributed by atoms with Gasteiger partial charge in [0.1, 0.15) is 5.75 Å². The molecule has 1 heterocycles. The topological polar surface area (TPSA) is 71.1 Å². The highest BCUT2D eigenvalue weighted by Gasteiger charge is 2.45. The first-order valence-corrected chi connectivity index (χ1v) is 10.8. The van der Waals surface area contributed by atoms with E-state index in [0.29, 0.717) is 12.8 Å². The monoisotopic (exact) mass is 426 g/mol. The van der Waals surface area contributed by atoms with Crippen LogP contribution in [0, 0.1) is 11.8 Å². The lowest BCUT2D eigenvalue weighted by molar-refractivity contribution is -0.174. The summed E-state index contributed by atoms with van der Waals surface area (Å²) < 4.78 is 22.3. The van der Waals surface area contributed by atoms with Gasteiger partial charge in [0.2, 0.25) is 0 Å². The van der Waals surface area contributed by atoms with E-state index in [1.807, 2.05) is 54.6 Å². The molecule has 2 aromatic carbocycles. The second-order valence-electron chi connectivity index (χ2n) is 7.45. The molecule has 1 saturated heterocycles. The standard InChI is InChI=1S/C25H30O6/c1-4-29-24(26)22(25(27)30-5-2)20-15-16-21(17-9-7-6-8-10-17)31-23(20)18-11-13-19(28-3)14-12-18/h6-14,20-23H,4-5,15-16H2,1-3H3/t20-,21?,23-/m0/s1. The van der Waals surface area contributed by atoms with Crippen molar-refractivity contribution in [2.45, 2.75) is 38.9 Å². The number of carbonyl (C=O) groups excluding carboxylic acids is 2. The summed E-state index contributed by atoms with van der Waals surface area (Å²) in [6.07, 6.45) is 0.716. The molecule has 6 heteroatoms. The van der Waals surface area contributed by atoms with Crippen LogP contribution in [0.25, 0.3) is 0 Å². The molecular weight excluding hydrogens is 396 g/mol. The first-order chi connectivity index (χ1) is 15.1. The van der Waals surface area contributed by atoms with Gasteiger partial charge in [-0.25, -0.2) is 0 Å². The first-order valence-electron chi connectivity index (χ1n) is 10.8. The molecule has 2 aromatic rings. The molecule has 0 amide bonds. The Balaban J connectivity index is 1.96.